The van der Waals surface area contributed by atoms with Crippen LogP contribution in [0.1, 0.15) is 105 Å². The summed E-state index contributed by atoms with van der Waals surface area (Å²) in [5, 5.41) is 21.5. The standard InChI is InChI=1S/C34H43N9OS/c1-20-8-6-16-42(17-12-20)32-24-19-37-43(21(2)25-10-7-15-41(25)3)33(24)39-31(38-32)28-22-9-4-13-34(29(22)44-40-28)14-5-11-26-27(34)23(18-35)30(36)45-26/h19-21,25H,4-17,36H2,1-3H3/t20-,21+,25+,34+/m1/s1. The van der Waals surface area contributed by atoms with E-state index >= 15 is 0 Å². The number of anilines is 2. The lowest BCUT2D eigenvalue weighted by Gasteiger charge is -2.39. The van der Waals surface area contributed by atoms with Gasteiger partial charge in [0.05, 0.1) is 28.6 Å². The largest absolute Gasteiger partial charge is 0.389 e. The van der Waals surface area contributed by atoms with E-state index in [4.69, 9.17) is 30.5 Å². The van der Waals surface area contributed by atoms with Crippen LogP contribution in [0.2, 0.25) is 0 Å². The van der Waals surface area contributed by atoms with Crippen LogP contribution >= 0.6 is 11.3 Å². The highest BCUT2D eigenvalue weighted by Gasteiger charge is 2.49. The quantitative estimate of drug-likeness (QED) is 0.281. The Kier molecular flexibility index (Phi) is 7.13. The van der Waals surface area contributed by atoms with Gasteiger partial charge in [-0.1, -0.05) is 12.1 Å². The van der Waals surface area contributed by atoms with Crippen LogP contribution in [0.3, 0.4) is 0 Å². The lowest BCUT2D eigenvalue weighted by atomic mass is 9.63. The maximum atomic E-state index is 10.1. The number of nitrogens with zero attached hydrogens (tertiary/aromatic N) is 8. The molecule has 0 aromatic carbocycles. The molecule has 1 spiro atoms. The van der Waals surface area contributed by atoms with Crippen LogP contribution in [-0.4, -0.2) is 62.5 Å². The van der Waals surface area contributed by atoms with E-state index in [-0.39, 0.29) is 11.5 Å². The second-order valence-corrected chi connectivity index (χ2v) is 15.2. The molecule has 0 bridgehead atoms. The molecule has 236 valence electrons. The minimum absolute atomic E-state index is 0.179. The van der Waals surface area contributed by atoms with E-state index in [1.54, 1.807) is 11.3 Å². The molecule has 2 saturated heterocycles. The molecule has 0 unspecified atom stereocenters. The van der Waals surface area contributed by atoms with E-state index < -0.39 is 0 Å². The smallest absolute Gasteiger partial charge is 0.186 e. The summed E-state index contributed by atoms with van der Waals surface area (Å²) in [5.74, 6) is 3.17. The number of nitriles is 1. The Labute approximate surface area is 268 Å². The Balaban J connectivity index is 1.29. The minimum atomic E-state index is -0.372. The van der Waals surface area contributed by atoms with Crippen LogP contribution in [0.4, 0.5) is 10.8 Å². The van der Waals surface area contributed by atoms with Crippen molar-refractivity contribution in [3.8, 4) is 17.6 Å². The van der Waals surface area contributed by atoms with Crippen molar-refractivity contribution in [1.82, 2.24) is 29.8 Å². The first-order valence-corrected chi connectivity index (χ1v) is 17.7. The summed E-state index contributed by atoms with van der Waals surface area (Å²) in [7, 11) is 2.22. The topological polar surface area (TPSA) is 126 Å². The highest BCUT2D eigenvalue weighted by Crippen LogP contribution is 2.55. The van der Waals surface area contributed by atoms with Gasteiger partial charge in [0, 0.05) is 29.6 Å². The van der Waals surface area contributed by atoms with Gasteiger partial charge >= 0.3 is 0 Å². The lowest BCUT2D eigenvalue weighted by Crippen LogP contribution is -2.35. The summed E-state index contributed by atoms with van der Waals surface area (Å²) in [4.78, 5) is 16.7. The molecule has 45 heavy (non-hydrogen) atoms. The number of likely N-dealkylation sites (tertiary alicyclic amines) is 1. The zero-order valence-corrected chi connectivity index (χ0v) is 27.5. The van der Waals surface area contributed by atoms with Gasteiger partial charge in [0.2, 0.25) is 0 Å². The summed E-state index contributed by atoms with van der Waals surface area (Å²) in [6.07, 6.45) is 13.6. The number of nitrogen functional groups attached to an aromatic ring is 1. The average Bonchev–Trinajstić information content (AvgIpc) is 3.81. The highest BCUT2D eigenvalue weighted by atomic mass is 32.1. The molecule has 2 fully saturated rings. The molecule has 4 aromatic heterocycles. The van der Waals surface area contributed by atoms with Crippen LogP contribution < -0.4 is 10.6 Å². The molecule has 4 aromatic rings. The molecular weight excluding hydrogens is 583 g/mol. The van der Waals surface area contributed by atoms with E-state index in [1.807, 2.05) is 6.20 Å². The van der Waals surface area contributed by atoms with Crippen LogP contribution in [0.25, 0.3) is 22.6 Å². The van der Waals surface area contributed by atoms with Crippen molar-refractivity contribution in [2.24, 2.45) is 5.92 Å². The normalized spacial score (nSPS) is 26.1. The van der Waals surface area contributed by atoms with Gasteiger partial charge in [0.15, 0.2) is 22.9 Å². The van der Waals surface area contributed by atoms with Crippen molar-refractivity contribution in [2.45, 2.75) is 102 Å². The van der Waals surface area contributed by atoms with E-state index in [1.165, 1.54) is 17.7 Å². The van der Waals surface area contributed by atoms with Crippen molar-refractivity contribution < 1.29 is 4.52 Å². The fourth-order valence-electron chi connectivity index (χ4n) is 8.96. The second kappa shape index (κ2) is 11.1. The maximum Gasteiger partial charge on any atom is 0.186 e. The predicted octanol–water partition coefficient (Wildman–Crippen LogP) is 6.24. The number of aromatic nitrogens is 5. The van der Waals surface area contributed by atoms with E-state index in [0.717, 1.165) is 117 Å². The summed E-state index contributed by atoms with van der Waals surface area (Å²) < 4.78 is 8.50. The van der Waals surface area contributed by atoms with E-state index in [2.05, 4.69) is 41.4 Å². The summed E-state index contributed by atoms with van der Waals surface area (Å²) in [6.45, 7) is 7.69. The van der Waals surface area contributed by atoms with Gasteiger partial charge in [-0.2, -0.15) is 10.4 Å². The number of hydrogen-bond donors (Lipinski definition) is 1. The van der Waals surface area contributed by atoms with Gasteiger partial charge in [0.25, 0.3) is 0 Å². The fraction of sp³-hybridized carbons (Fsp3) is 0.618. The summed E-state index contributed by atoms with van der Waals surface area (Å²) in [5.41, 5.74) is 10.4. The molecule has 0 amide bonds. The number of thiophene rings is 1. The lowest BCUT2D eigenvalue weighted by molar-refractivity contribution is 0.232. The molecule has 4 aliphatic rings. The van der Waals surface area contributed by atoms with E-state index in [9.17, 15) is 5.26 Å². The van der Waals surface area contributed by atoms with Crippen LogP contribution in [0.15, 0.2) is 10.7 Å². The Hall–Kier alpha value is -3.49. The van der Waals surface area contributed by atoms with Crippen LogP contribution in [-0.2, 0) is 18.3 Å². The molecule has 6 heterocycles. The van der Waals surface area contributed by atoms with Gasteiger partial charge in [-0.25, -0.2) is 14.6 Å². The van der Waals surface area contributed by atoms with Crippen molar-refractivity contribution >= 4 is 33.2 Å². The number of rotatable bonds is 4. The predicted molar refractivity (Wildman–Crippen MR) is 177 cm³/mol. The highest BCUT2D eigenvalue weighted by molar-refractivity contribution is 7.16. The van der Waals surface area contributed by atoms with Gasteiger partial charge in [-0.15, -0.1) is 11.3 Å². The van der Waals surface area contributed by atoms with Gasteiger partial charge in [-0.3, -0.25) is 0 Å². The van der Waals surface area contributed by atoms with Crippen LogP contribution in [0, 0.1) is 17.2 Å². The van der Waals surface area contributed by atoms with Gasteiger partial charge in [0.1, 0.15) is 16.9 Å². The number of fused-ring (bicyclic) bond motifs is 5. The zero-order valence-electron chi connectivity index (χ0n) is 26.7. The molecule has 2 aliphatic carbocycles. The number of likely N-dealkylation sites (N-methyl/N-ethyl adjacent to an activating group) is 1. The summed E-state index contributed by atoms with van der Waals surface area (Å²) >= 11 is 1.57. The molecule has 2 N–H and O–H groups in total. The average molecular weight is 626 g/mol. The number of nitrogens with two attached hydrogens (primary N) is 1. The second-order valence-electron chi connectivity index (χ2n) is 14.0. The van der Waals surface area contributed by atoms with Crippen molar-refractivity contribution in [3.63, 3.8) is 0 Å². The summed E-state index contributed by atoms with van der Waals surface area (Å²) in [6, 6.07) is 3.03. The zero-order chi connectivity index (χ0) is 30.9. The Morgan fingerprint density at radius 1 is 1.09 bits per heavy atom. The first kappa shape index (κ1) is 28.9. The number of hydrogen-bond acceptors (Lipinski definition) is 10. The Morgan fingerprint density at radius 2 is 1.91 bits per heavy atom. The first-order chi connectivity index (χ1) is 21.9. The third-order valence-corrected chi connectivity index (χ3v) is 12.4. The molecule has 0 saturated carbocycles. The van der Waals surface area contributed by atoms with E-state index in [0.29, 0.717) is 28.3 Å². The third kappa shape index (κ3) is 4.50. The fourth-order valence-corrected chi connectivity index (χ4v) is 10.1. The van der Waals surface area contributed by atoms with Gasteiger partial charge < -0.3 is 20.1 Å². The molecule has 8 rings (SSSR count). The minimum Gasteiger partial charge on any atom is -0.389 e. The van der Waals surface area contributed by atoms with Crippen molar-refractivity contribution in [2.75, 3.05) is 37.3 Å². The monoisotopic (exact) mass is 625 g/mol. The first-order valence-electron chi connectivity index (χ1n) is 16.9. The van der Waals surface area contributed by atoms with Crippen LogP contribution in [0.5, 0.6) is 0 Å². The molecule has 0 radical (unpaired) electrons. The Bertz CT molecular complexity index is 1790. The third-order valence-electron chi connectivity index (χ3n) is 11.3. The van der Waals surface area contributed by atoms with Crippen molar-refractivity contribution in [3.05, 3.63) is 33.5 Å². The molecule has 10 nitrogen and oxygen atoms in total. The molecule has 11 heteroatoms. The van der Waals surface area contributed by atoms with Crippen molar-refractivity contribution in [1.29, 1.82) is 5.26 Å². The Morgan fingerprint density at radius 3 is 2.71 bits per heavy atom. The molecular formula is C34H43N9OS. The number of aryl methyl sites for hydroxylation is 1. The SMILES string of the molecule is C[C@@H]1CCCN(c2nc(-c3noc4c3CCC[C@@]43CCCc4sc(N)c(C#N)c43)nc3c2cnn3[C@@H](C)[C@@H]2CCCN2C)CC1. The molecule has 2 aliphatic heterocycles. The maximum absolute atomic E-state index is 10.1. The molecule has 4 atom stereocenters. The van der Waals surface area contributed by atoms with Gasteiger partial charge in [-0.05, 0) is 103 Å².